The minimum atomic E-state index is -0.751. The first kappa shape index (κ1) is 18.8. The Bertz CT molecular complexity index is 688. The van der Waals surface area contributed by atoms with Crippen LogP contribution in [0.4, 0.5) is 4.39 Å². The largest absolute Gasteiger partial charge is 0.491 e. The van der Waals surface area contributed by atoms with Crippen molar-refractivity contribution in [2.24, 2.45) is 0 Å². The number of amides is 1. The highest BCUT2D eigenvalue weighted by Gasteiger charge is 2.21. The predicted octanol–water partition coefficient (Wildman–Crippen LogP) is 3.88. The Morgan fingerprint density at radius 3 is 2.48 bits per heavy atom. The maximum atomic E-state index is 13.7. The van der Waals surface area contributed by atoms with Gasteiger partial charge >= 0.3 is 0 Å². The van der Waals surface area contributed by atoms with Gasteiger partial charge in [-0.05, 0) is 44.5 Å². The van der Waals surface area contributed by atoms with E-state index in [9.17, 15) is 9.18 Å². The summed E-state index contributed by atoms with van der Waals surface area (Å²) in [6.07, 6.45) is -0.315. The van der Waals surface area contributed by atoms with Crippen molar-refractivity contribution in [2.45, 2.75) is 39.3 Å². The SMILES string of the molecule is CC[C@@H](Oc1ccccc1F)C(=O)N[C@@H](C)COc1ccc(C)cc1. The average Bonchev–Trinajstić information content (AvgIpc) is 2.60. The van der Waals surface area contributed by atoms with Gasteiger partial charge in [0.15, 0.2) is 17.7 Å². The first-order chi connectivity index (χ1) is 12.0. The van der Waals surface area contributed by atoms with Crippen LogP contribution in [0, 0.1) is 12.7 Å². The van der Waals surface area contributed by atoms with Crippen LogP contribution in [0.15, 0.2) is 48.5 Å². The number of ether oxygens (including phenoxy) is 2. The molecule has 0 saturated heterocycles. The predicted molar refractivity (Wildman–Crippen MR) is 95.4 cm³/mol. The van der Waals surface area contributed by atoms with E-state index < -0.39 is 11.9 Å². The third-order valence-corrected chi connectivity index (χ3v) is 3.68. The second kappa shape index (κ2) is 9.06. The maximum absolute atomic E-state index is 13.7. The quantitative estimate of drug-likeness (QED) is 0.790. The Labute approximate surface area is 148 Å². The van der Waals surface area contributed by atoms with Gasteiger partial charge < -0.3 is 14.8 Å². The fourth-order valence-corrected chi connectivity index (χ4v) is 2.25. The van der Waals surface area contributed by atoms with Gasteiger partial charge in [0.05, 0.1) is 6.04 Å². The van der Waals surface area contributed by atoms with Gasteiger partial charge in [-0.2, -0.15) is 0 Å². The van der Waals surface area contributed by atoms with E-state index >= 15 is 0 Å². The third kappa shape index (κ3) is 5.78. The molecule has 4 nitrogen and oxygen atoms in total. The van der Waals surface area contributed by atoms with Gasteiger partial charge in [-0.1, -0.05) is 36.8 Å². The van der Waals surface area contributed by atoms with E-state index in [-0.39, 0.29) is 17.7 Å². The van der Waals surface area contributed by atoms with Gasteiger partial charge in [-0.15, -0.1) is 0 Å². The minimum Gasteiger partial charge on any atom is -0.491 e. The van der Waals surface area contributed by atoms with E-state index in [1.807, 2.05) is 45.0 Å². The molecule has 2 aromatic rings. The van der Waals surface area contributed by atoms with Crippen molar-refractivity contribution < 1.29 is 18.7 Å². The molecule has 25 heavy (non-hydrogen) atoms. The number of carbonyl (C=O) groups is 1. The van der Waals surface area contributed by atoms with Crippen LogP contribution in [-0.4, -0.2) is 24.7 Å². The van der Waals surface area contributed by atoms with Crippen LogP contribution in [0.2, 0.25) is 0 Å². The zero-order valence-electron chi connectivity index (χ0n) is 14.8. The van der Waals surface area contributed by atoms with Crippen molar-refractivity contribution in [3.05, 3.63) is 59.9 Å². The highest BCUT2D eigenvalue weighted by atomic mass is 19.1. The molecule has 0 aliphatic heterocycles. The molecule has 0 aromatic heterocycles. The standard InChI is InChI=1S/C20H24FNO3/c1-4-18(25-19-8-6-5-7-17(19)21)20(23)22-15(3)13-24-16-11-9-14(2)10-12-16/h5-12,15,18H,4,13H2,1-3H3,(H,22,23)/t15-,18+/m0/s1. The Balaban J connectivity index is 1.85. The maximum Gasteiger partial charge on any atom is 0.261 e. The summed E-state index contributed by atoms with van der Waals surface area (Å²) in [5.41, 5.74) is 1.16. The van der Waals surface area contributed by atoms with Crippen molar-refractivity contribution in [2.75, 3.05) is 6.61 Å². The number of aryl methyl sites for hydroxylation is 1. The molecular formula is C20H24FNO3. The van der Waals surface area contributed by atoms with E-state index in [1.165, 1.54) is 12.1 Å². The van der Waals surface area contributed by atoms with Crippen LogP contribution in [0.25, 0.3) is 0 Å². The normalized spacial score (nSPS) is 13.0. The smallest absolute Gasteiger partial charge is 0.261 e. The highest BCUT2D eigenvalue weighted by molar-refractivity contribution is 5.81. The fraction of sp³-hybridized carbons (Fsp3) is 0.350. The Hall–Kier alpha value is -2.56. The van der Waals surface area contributed by atoms with Gasteiger partial charge in [0.1, 0.15) is 12.4 Å². The van der Waals surface area contributed by atoms with Crippen LogP contribution in [-0.2, 0) is 4.79 Å². The zero-order valence-corrected chi connectivity index (χ0v) is 14.8. The molecular weight excluding hydrogens is 321 g/mol. The molecule has 2 rings (SSSR count). The number of para-hydroxylation sites is 1. The Morgan fingerprint density at radius 2 is 1.84 bits per heavy atom. The first-order valence-corrected chi connectivity index (χ1v) is 8.40. The molecule has 0 heterocycles. The Morgan fingerprint density at radius 1 is 1.16 bits per heavy atom. The van der Waals surface area contributed by atoms with Crippen molar-refractivity contribution >= 4 is 5.91 Å². The summed E-state index contributed by atoms with van der Waals surface area (Å²) in [6, 6.07) is 13.6. The fourth-order valence-electron chi connectivity index (χ4n) is 2.25. The molecule has 0 radical (unpaired) electrons. The van der Waals surface area contributed by atoms with Crippen molar-refractivity contribution in [1.82, 2.24) is 5.32 Å². The molecule has 5 heteroatoms. The molecule has 0 saturated carbocycles. The number of carbonyl (C=O) groups excluding carboxylic acids is 1. The van der Waals surface area contributed by atoms with Gasteiger partial charge in [-0.25, -0.2) is 4.39 Å². The molecule has 0 fully saturated rings. The van der Waals surface area contributed by atoms with Crippen molar-refractivity contribution in [1.29, 1.82) is 0 Å². The van der Waals surface area contributed by atoms with Crippen LogP contribution in [0.1, 0.15) is 25.8 Å². The lowest BCUT2D eigenvalue weighted by molar-refractivity contribution is -0.129. The van der Waals surface area contributed by atoms with Gasteiger partial charge in [0.25, 0.3) is 5.91 Å². The summed E-state index contributed by atoms with van der Waals surface area (Å²) >= 11 is 0. The van der Waals surface area contributed by atoms with Crippen LogP contribution >= 0.6 is 0 Å². The summed E-state index contributed by atoms with van der Waals surface area (Å²) in [5.74, 6) is 0.0599. The van der Waals surface area contributed by atoms with Gasteiger partial charge in [-0.3, -0.25) is 4.79 Å². The number of nitrogens with one attached hydrogen (secondary N) is 1. The highest BCUT2D eigenvalue weighted by Crippen LogP contribution is 2.18. The summed E-state index contributed by atoms with van der Waals surface area (Å²) in [5, 5.41) is 2.84. The van der Waals surface area contributed by atoms with Gasteiger partial charge in [0.2, 0.25) is 0 Å². The van der Waals surface area contributed by atoms with Gasteiger partial charge in [0, 0.05) is 0 Å². The van der Waals surface area contributed by atoms with E-state index in [0.717, 1.165) is 11.3 Å². The monoisotopic (exact) mass is 345 g/mol. The van der Waals surface area contributed by atoms with E-state index in [1.54, 1.807) is 12.1 Å². The molecule has 0 aliphatic rings. The second-order valence-electron chi connectivity index (χ2n) is 5.98. The first-order valence-electron chi connectivity index (χ1n) is 8.40. The zero-order chi connectivity index (χ0) is 18.2. The summed E-state index contributed by atoms with van der Waals surface area (Å²) < 4.78 is 24.8. The van der Waals surface area contributed by atoms with Crippen LogP contribution in [0.3, 0.4) is 0 Å². The minimum absolute atomic E-state index is 0.0769. The molecule has 2 aromatic carbocycles. The lowest BCUT2D eigenvalue weighted by Crippen LogP contribution is -2.44. The van der Waals surface area contributed by atoms with E-state index in [2.05, 4.69) is 5.32 Å². The number of halogens is 1. The molecule has 1 amide bonds. The Kier molecular flexibility index (Phi) is 6.81. The topological polar surface area (TPSA) is 47.6 Å². The number of hydrogen-bond donors (Lipinski definition) is 1. The summed E-state index contributed by atoms with van der Waals surface area (Å²) in [4.78, 5) is 12.3. The van der Waals surface area contributed by atoms with Crippen molar-refractivity contribution in [3.63, 3.8) is 0 Å². The summed E-state index contributed by atoms with van der Waals surface area (Å²) in [7, 11) is 0. The summed E-state index contributed by atoms with van der Waals surface area (Å²) in [6.45, 7) is 6.01. The lowest BCUT2D eigenvalue weighted by Gasteiger charge is -2.21. The van der Waals surface area contributed by atoms with Crippen LogP contribution < -0.4 is 14.8 Å². The average molecular weight is 345 g/mol. The third-order valence-electron chi connectivity index (χ3n) is 3.68. The molecule has 0 spiro atoms. The van der Waals surface area contributed by atoms with E-state index in [0.29, 0.717) is 13.0 Å². The molecule has 2 atom stereocenters. The second-order valence-corrected chi connectivity index (χ2v) is 5.98. The molecule has 0 aliphatic carbocycles. The molecule has 0 bridgehead atoms. The molecule has 1 N–H and O–H groups in total. The van der Waals surface area contributed by atoms with E-state index in [4.69, 9.17) is 9.47 Å². The number of hydrogen-bond acceptors (Lipinski definition) is 3. The van der Waals surface area contributed by atoms with Crippen LogP contribution in [0.5, 0.6) is 11.5 Å². The number of rotatable bonds is 8. The number of benzene rings is 2. The van der Waals surface area contributed by atoms with Crippen molar-refractivity contribution in [3.8, 4) is 11.5 Å². The molecule has 0 unspecified atom stereocenters. The molecule has 134 valence electrons. The lowest BCUT2D eigenvalue weighted by atomic mass is 10.2.